The molecule has 2 aromatic rings. The maximum absolute atomic E-state index is 12.8. The summed E-state index contributed by atoms with van der Waals surface area (Å²) in [6.45, 7) is 1.44. The van der Waals surface area contributed by atoms with Crippen molar-refractivity contribution in [1.82, 2.24) is 19.2 Å². The molecule has 2 aliphatic rings. The van der Waals surface area contributed by atoms with Gasteiger partial charge in [-0.2, -0.15) is 0 Å². The number of ether oxygens (including phenoxy) is 1. The van der Waals surface area contributed by atoms with Gasteiger partial charge in [0.05, 0.1) is 7.11 Å². The zero-order valence-electron chi connectivity index (χ0n) is 14.6. The molecular weight excluding hydrogens is 356 g/mol. The zero-order chi connectivity index (χ0) is 18.3. The van der Waals surface area contributed by atoms with E-state index in [1.54, 1.807) is 10.5 Å². The van der Waals surface area contributed by atoms with Crippen LogP contribution in [0.25, 0.3) is 11.0 Å². The van der Waals surface area contributed by atoms with Crippen LogP contribution in [0.5, 0.6) is 0 Å². The predicted octanol–water partition coefficient (Wildman–Crippen LogP) is 1.52. The van der Waals surface area contributed by atoms with Gasteiger partial charge >= 0.3 is 6.09 Å². The number of hydrogen-bond acceptors (Lipinski definition) is 5. The van der Waals surface area contributed by atoms with Crippen molar-refractivity contribution in [3.63, 3.8) is 0 Å². The van der Waals surface area contributed by atoms with Gasteiger partial charge in [-0.15, -0.1) is 0 Å². The van der Waals surface area contributed by atoms with Crippen LogP contribution in [-0.2, 0) is 14.8 Å². The first-order chi connectivity index (χ1) is 12.5. The summed E-state index contributed by atoms with van der Waals surface area (Å²) in [7, 11) is -2.07. The summed E-state index contributed by atoms with van der Waals surface area (Å²) in [6, 6.07) is 3.97. The Bertz CT molecular complexity index is 912. The summed E-state index contributed by atoms with van der Waals surface area (Å²) in [6.07, 6.45) is 4.85. The van der Waals surface area contributed by atoms with Gasteiger partial charge in [0.25, 0.3) is 0 Å². The first-order valence-electron chi connectivity index (χ1n) is 8.74. The van der Waals surface area contributed by atoms with Crippen LogP contribution in [0, 0.1) is 0 Å². The van der Waals surface area contributed by atoms with Crippen LogP contribution >= 0.6 is 0 Å². The molecule has 8 nitrogen and oxygen atoms in total. The number of amides is 1. The second kappa shape index (κ2) is 6.55. The highest BCUT2D eigenvalue weighted by Crippen LogP contribution is 2.34. The van der Waals surface area contributed by atoms with E-state index in [0.29, 0.717) is 19.0 Å². The van der Waals surface area contributed by atoms with E-state index in [1.165, 1.54) is 17.6 Å². The molecule has 2 aromatic heterocycles. The molecule has 1 amide bonds. The third kappa shape index (κ3) is 2.84. The first-order valence-corrected chi connectivity index (χ1v) is 10.2. The first kappa shape index (κ1) is 17.3. The van der Waals surface area contributed by atoms with Crippen molar-refractivity contribution in [2.75, 3.05) is 33.3 Å². The highest BCUT2D eigenvalue weighted by atomic mass is 32.2. The van der Waals surface area contributed by atoms with Crippen LogP contribution in [0.2, 0.25) is 0 Å². The molecule has 0 unspecified atom stereocenters. The Balaban J connectivity index is 1.40. The van der Waals surface area contributed by atoms with Gasteiger partial charge in [0.15, 0.2) is 0 Å². The molecule has 4 heterocycles. The van der Waals surface area contributed by atoms with Crippen molar-refractivity contribution < 1.29 is 17.9 Å². The van der Waals surface area contributed by atoms with Crippen molar-refractivity contribution in [3.05, 3.63) is 30.1 Å². The van der Waals surface area contributed by atoms with Crippen molar-refractivity contribution in [1.29, 1.82) is 0 Å². The second-order valence-electron chi connectivity index (χ2n) is 6.86. The molecular formula is C17H22N4O4S. The number of carbonyl (C=O) groups is 1. The molecule has 0 atom stereocenters. The van der Waals surface area contributed by atoms with Crippen LogP contribution < -0.4 is 0 Å². The van der Waals surface area contributed by atoms with Gasteiger partial charge in [-0.3, -0.25) is 0 Å². The van der Waals surface area contributed by atoms with Gasteiger partial charge in [-0.05, 0) is 36.5 Å². The normalized spacial score (nSPS) is 20.3. The topological polar surface area (TPSA) is 95.6 Å². The fraction of sp³-hybridized carbons (Fsp3) is 0.529. The second-order valence-corrected chi connectivity index (χ2v) is 9.07. The largest absolute Gasteiger partial charge is 0.453 e. The number of aromatic amines is 1. The number of sulfonamides is 1. The molecule has 0 saturated carbocycles. The fourth-order valence-electron chi connectivity index (χ4n) is 3.85. The Morgan fingerprint density at radius 3 is 2.73 bits per heavy atom. The standard InChI is InChI=1S/C17H22N4O4S/c1-25-17(22)20-10-13(11-20)26(23,24)21-7-4-12(5-8-21)15-9-19-16-14(15)3-2-6-18-16/h2-3,6,9,12-13H,4-5,7-8,10-11H2,1H3,(H,18,19). The summed E-state index contributed by atoms with van der Waals surface area (Å²) in [5.41, 5.74) is 2.08. The number of methoxy groups -OCH3 is 1. The Hall–Kier alpha value is -2.13. The van der Waals surface area contributed by atoms with E-state index in [0.717, 1.165) is 23.9 Å². The van der Waals surface area contributed by atoms with Crippen molar-refractivity contribution in [2.24, 2.45) is 0 Å². The minimum absolute atomic E-state index is 0.211. The van der Waals surface area contributed by atoms with Crippen LogP contribution in [0.15, 0.2) is 24.5 Å². The van der Waals surface area contributed by atoms with E-state index >= 15 is 0 Å². The maximum Gasteiger partial charge on any atom is 0.409 e. The van der Waals surface area contributed by atoms with Crippen LogP contribution in [0.4, 0.5) is 4.79 Å². The number of fused-ring (bicyclic) bond motifs is 1. The van der Waals surface area contributed by atoms with E-state index in [-0.39, 0.29) is 13.1 Å². The maximum atomic E-state index is 12.8. The van der Waals surface area contributed by atoms with Crippen molar-refractivity contribution in [3.8, 4) is 0 Å². The minimum Gasteiger partial charge on any atom is -0.453 e. The lowest BCUT2D eigenvalue weighted by Gasteiger charge is -2.41. The molecule has 9 heteroatoms. The van der Waals surface area contributed by atoms with Gasteiger partial charge in [-0.25, -0.2) is 22.5 Å². The Kier molecular flexibility index (Phi) is 4.36. The highest BCUT2D eigenvalue weighted by molar-refractivity contribution is 7.89. The number of rotatable bonds is 3. The lowest BCUT2D eigenvalue weighted by Crippen LogP contribution is -2.60. The van der Waals surface area contributed by atoms with Gasteiger partial charge in [-0.1, -0.05) is 0 Å². The predicted molar refractivity (Wildman–Crippen MR) is 96.3 cm³/mol. The van der Waals surface area contributed by atoms with E-state index in [1.807, 2.05) is 18.3 Å². The molecule has 1 N–H and O–H groups in total. The molecule has 2 aliphatic heterocycles. The molecule has 2 saturated heterocycles. The number of hydrogen-bond donors (Lipinski definition) is 1. The van der Waals surface area contributed by atoms with Gasteiger partial charge in [0, 0.05) is 44.0 Å². The average molecular weight is 378 g/mol. The van der Waals surface area contributed by atoms with Gasteiger partial charge in [0.2, 0.25) is 10.0 Å². The molecule has 0 spiro atoms. The zero-order valence-corrected chi connectivity index (χ0v) is 15.4. The fourth-order valence-corrected chi connectivity index (χ4v) is 5.73. The number of nitrogens with one attached hydrogen (secondary N) is 1. The highest BCUT2D eigenvalue weighted by Gasteiger charge is 2.44. The van der Waals surface area contributed by atoms with Crippen molar-refractivity contribution >= 4 is 27.1 Å². The number of nitrogens with zero attached hydrogens (tertiary/aromatic N) is 3. The Labute approximate surface area is 152 Å². The Morgan fingerprint density at radius 2 is 2.04 bits per heavy atom. The van der Waals surface area contributed by atoms with E-state index in [4.69, 9.17) is 0 Å². The number of H-pyrrole nitrogens is 1. The lowest BCUT2D eigenvalue weighted by molar-refractivity contribution is 0.0993. The lowest BCUT2D eigenvalue weighted by atomic mass is 9.90. The van der Waals surface area contributed by atoms with Crippen molar-refractivity contribution in [2.45, 2.75) is 24.0 Å². The number of pyridine rings is 1. The molecule has 4 rings (SSSR count). The molecule has 0 bridgehead atoms. The number of aromatic nitrogens is 2. The third-order valence-electron chi connectivity index (χ3n) is 5.44. The third-order valence-corrected chi connectivity index (χ3v) is 7.66. The molecule has 0 aromatic carbocycles. The molecule has 0 aliphatic carbocycles. The van der Waals surface area contributed by atoms with E-state index in [9.17, 15) is 13.2 Å². The van der Waals surface area contributed by atoms with E-state index in [2.05, 4.69) is 14.7 Å². The summed E-state index contributed by atoms with van der Waals surface area (Å²) in [4.78, 5) is 20.3. The summed E-state index contributed by atoms with van der Waals surface area (Å²) < 4.78 is 31.7. The average Bonchev–Trinajstić information content (AvgIpc) is 3.04. The summed E-state index contributed by atoms with van der Waals surface area (Å²) >= 11 is 0. The molecule has 26 heavy (non-hydrogen) atoms. The molecule has 0 radical (unpaired) electrons. The van der Waals surface area contributed by atoms with E-state index < -0.39 is 21.4 Å². The monoisotopic (exact) mass is 378 g/mol. The van der Waals surface area contributed by atoms with Gasteiger partial charge in [0.1, 0.15) is 10.9 Å². The Morgan fingerprint density at radius 1 is 1.31 bits per heavy atom. The molecule has 2 fully saturated rings. The SMILES string of the molecule is COC(=O)N1CC(S(=O)(=O)N2CCC(c3c[nH]c4ncccc34)CC2)C1. The number of piperidine rings is 1. The van der Waals surface area contributed by atoms with Crippen LogP contribution in [-0.4, -0.2) is 72.2 Å². The molecule has 140 valence electrons. The quantitative estimate of drug-likeness (QED) is 0.874. The minimum atomic E-state index is -3.37. The van der Waals surface area contributed by atoms with Crippen LogP contribution in [0.3, 0.4) is 0 Å². The number of likely N-dealkylation sites (tertiary alicyclic amines) is 1. The number of carbonyl (C=O) groups excluding carboxylic acids is 1. The van der Waals surface area contributed by atoms with Crippen LogP contribution in [0.1, 0.15) is 24.3 Å². The smallest absolute Gasteiger partial charge is 0.409 e. The summed E-state index contributed by atoms with van der Waals surface area (Å²) in [5, 5.41) is 0.594. The van der Waals surface area contributed by atoms with Gasteiger partial charge < -0.3 is 14.6 Å². The summed E-state index contributed by atoms with van der Waals surface area (Å²) in [5.74, 6) is 0.326.